The van der Waals surface area contributed by atoms with E-state index in [1.807, 2.05) is 19.1 Å². The molecule has 4 nitrogen and oxygen atoms in total. The minimum atomic E-state index is -3.49. The van der Waals surface area contributed by atoms with Crippen LogP contribution in [0.1, 0.15) is 38.7 Å². The van der Waals surface area contributed by atoms with Crippen molar-refractivity contribution in [2.45, 2.75) is 38.0 Å². The number of sulfonamides is 1. The van der Waals surface area contributed by atoms with Gasteiger partial charge in [0.05, 0.1) is 11.5 Å². The summed E-state index contributed by atoms with van der Waals surface area (Å²) in [6.07, 6.45) is 0.726. The number of aliphatic hydroxyl groups excluding tert-OH is 1. The fourth-order valence-electron chi connectivity index (χ4n) is 1.89. The topological polar surface area (TPSA) is 57.6 Å². The Bertz CT molecular complexity index is 474. The lowest BCUT2D eigenvalue weighted by molar-refractivity contribution is 0.253. The fourth-order valence-corrected chi connectivity index (χ4v) is 3.41. The minimum Gasteiger partial charge on any atom is -0.395 e. The maximum absolute atomic E-state index is 12.4. The molecule has 0 heterocycles. The zero-order chi connectivity index (χ0) is 14.5. The van der Waals surface area contributed by atoms with Crippen LogP contribution >= 0.6 is 0 Å². The lowest BCUT2D eigenvalue weighted by atomic mass is 10.0. The Kier molecular flexibility index (Phi) is 5.97. The van der Waals surface area contributed by atoms with E-state index in [4.69, 9.17) is 5.11 Å². The normalized spacial score (nSPS) is 12.3. The molecule has 0 saturated heterocycles. The molecule has 108 valence electrons. The molecule has 0 bridgehead atoms. The highest BCUT2D eigenvalue weighted by molar-refractivity contribution is 7.89. The molecule has 1 N–H and O–H groups in total. The van der Waals surface area contributed by atoms with Crippen molar-refractivity contribution in [3.8, 4) is 0 Å². The molecule has 0 amide bonds. The van der Waals surface area contributed by atoms with Crippen LogP contribution in [0.4, 0.5) is 0 Å². The molecule has 1 aromatic carbocycles. The second-order valence-corrected chi connectivity index (χ2v) is 6.79. The highest BCUT2D eigenvalue weighted by atomic mass is 32.2. The first-order valence-electron chi connectivity index (χ1n) is 6.64. The van der Waals surface area contributed by atoms with E-state index in [-0.39, 0.29) is 13.2 Å². The number of benzene rings is 1. The Morgan fingerprint density at radius 1 is 1.16 bits per heavy atom. The summed E-state index contributed by atoms with van der Waals surface area (Å²) in [6.45, 7) is 6.46. The second kappa shape index (κ2) is 7.03. The molecule has 0 saturated carbocycles. The monoisotopic (exact) mass is 285 g/mol. The van der Waals surface area contributed by atoms with Gasteiger partial charge in [0.25, 0.3) is 0 Å². The second-order valence-electron chi connectivity index (χ2n) is 4.85. The Hall–Kier alpha value is -0.910. The molecule has 1 aromatic rings. The zero-order valence-electron chi connectivity index (χ0n) is 11.8. The maximum atomic E-state index is 12.4. The van der Waals surface area contributed by atoms with Gasteiger partial charge >= 0.3 is 0 Å². The summed E-state index contributed by atoms with van der Waals surface area (Å²) in [7, 11) is -3.49. The molecule has 0 aromatic heterocycles. The summed E-state index contributed by atoms with van der Waals surface area (Å²) < 4.78 is 26.1. The Labute approximate surface area is 116 Å². The van der Waals surface area contributed by atoms with E-state index in [0.717, 1.165) is 12.0 Å². The number of hydrogen-bond donors (Lipinski definition) is 1. The molecule has 1 rings (SSSR count). The number of nitrogens with zero attached hydrogens (tertiary/aromatic N) is 1. The van der Waals surface area contributed by atoms with Crippen LogP contribution in [0.15, 0.2) is 29.2 Å². The third-order valence-corrected chi connectivity index (χ3v) is 4.92. The van der Waals surface area contributed by atoms with Gasteiger partial charge in [0.1, 0.15) is 0 Å². The first kappa shape index (κ1) is 16.1. The van der Waals surface area contributed by atoms with E-state index in [2.05, 4.69) is 13.8 Å². The molecule has 0 atom stereocenters. The molecule has 0 fully saturated rings. The summed E-state index contributed by atoms with van der Waals surface area (Å²) in [5, 5.41) is 8.98. The SMILES string of the molecule is CCCN(CCO)S(=O)(=O)c1ccc(C(C)C)cc1. The quantitative estimate of drug-likeness (QED) is 0.835. The van der Waals surface area contributed by atoms with Gasteiger partial charge in [-0.2, -0.15) is 4.31 Å². The summed E-state index contributed by atoms with van der Waals surface area (Å²) in [6, 6.07) is 6.98. The van der Waals surface area contributed by atoms with Gasteiger partial charge in [-0.15, -0.1) is 0 Å². The predicted octanol–water partition coefficient (Wildman–Crippen LogP) is 2.20. The number of rotatable bonds is 7. The molecular weight excluding hydrogens is 262 g/mol. The van der Waals surface area contributed by atoms with Crippen LogP contribution in [0.2, 0.25) is 0 Å². The van der Waals surface area contributed by atoms with Gasteiger partial charge in [0.15, 0.2) is 0 Å². The van der Waals surface area contributed by atoms with Crippen LogP contribution in [-0.4, -0.2) is 37.5 Å². The number of aliphatic hydroxyl groups is 1. The predicted molar refractivity (Wildman–Crippen MR) is 76.7 cm³/mol. The van der Waals surface area contributed by atoms with Crippen molar-refractivity contribution < 1.29 is 13.5 Å². The van der Waals surface area contributed by atoms with E-state index in [1.165, 1.54) is 4.31 Å². The third kappa shape index (κ3) is 4.03. The van der Waals surface area contributed by atoms with Crippen LogP contribution < -0.4 is 0 Å². The van der Waals surface area contributed by atoms with Crippen molar-refractivity contribution in [2.24, 2.45) is 0 Å². The Morgan fingerprint density at radius 2 is 1.74 bits per heavy atom. The molecule has 5 heteroatoms. The molecule has 0 unspecified atom stereocenters. The molecule has 0 aliphatic heterocycles. The highest BCUT2D eigenvalue weighted by Gasteiger charge is 2.23. The molecule has 19 heavy (non-hydrogen) atoms. The summed E-state index contributed by atoms with van der Waals surface area (Å²) >= 11 is 0. The van der Waals surface area contributed by atoms with Gasteiger partial charge in [-0.3, -0.25) is 0 Å². The van der Waals surface area contributed by atoms with Gasteiger partial charge in [0, 0.05) is 13.1 Å². The average Bonchev–Trinajstić information content (AvgIpc) is 2.38. The standard InChI is InChI=1S/C14H23NO3S/c1-4-9-15(10-11-16)19(17,18)14-7-5-13(6-8-14)12(2)3/h5-8,12,16H,4,9-11H2,1-3H3. The average molecular weight is 285 g/mol. The summed E-state index contributed by atoms with van der Waals surface area (Å²) in [5.41, 5.74) is 1.11. The molecule has 0 radical (unpaired) electrons. The van der Waals surface area contributed by atoms with E-state index in [1.54, 1.807) is 12.1 Å². The van der Waals surface area contributed by atoms with E-state index >= 15 is 0 Å². The van der Waals surface area contributed by atoms with Gasteiger partial charge in [0.2, 0.25) is 10.0 Å². The van der Waals surface area contributed by atoms with Crippen LogP contribution in [0.3, 0.4) is 0 Å². The van der Waals surface area contributed by atoms with Crippen molar-refractivity contribution >= 4 is 10.0 Å². The summed E-state index contributed by atoms with van der Waals surface area (Å²) in [5.74, 6) is 0.376. The minimum absolute atomic E-state index is 0.141. The smallest absolute Gasteiger partial charge is 0.243 e. The van der Waals surface area contributed by atoms with Crippen LogP contribution in [0.5, 0.6) is 0 Å². The Morgan fingerprint density at radius 3 is 2.16 bits per heavy atom. The van der Waals surface area contributed by atoms with Crippen molar-refractivity contribution in [1.82, 2.24) is 4.31 Å². The largest absolute Gasteiger partial charge is 0.395 e. The van der Waals surface area contributed by atoms with Gasteiger partial charge < -0.3 is 5.11 Å². The zero-order valence-corrected chi connectivity index (χ0v) is 12.7. The van der Waals surface area contributed by atoms with Gasteiger partial charge in [-0.25, -0.2) is 8.42 Å². The highest BCUT2D eigenvalue weighted by Crippen LogP contribution is 2.20. The lowest BCUT2D eigenvalue weighted by Gasteiger charge is -2.20. The van der Waals surface area contributed by atoms with Crippen molar-refractivity contribution in [2.75, 3.05) is 19.7 Å². The van der Waals surface area contributed by atoms with Crippen molar-refractivity contribution in [3.63, 3.8) is 0 Å². The molecular formula is C14H23NO3S. The first-order chi connectivity index (χ1) is 8.93. The number of hydrogen-bond acceptors (Lipinski definition) is 3. The lowest BCUT2D eigenvalue weighted by Crippen LogP contribution is -2.34. The Balaban J connectivity index is 3.03. The van der Waals surface area contributed by atoms with Crippen LogP contribution in [-0.2, 0) is 10.0 Å². The molecule has 0 aliphatic rings. The van der Waals surface area contributed by atoms with Crippen LogP contribution in [0, 0.1) is 0 Å². The van der Waals surface area contributed by atoms with Crippen molar-refractivity contribution in [1.29, 1.82) is 0 Å². The fraction of sp³-hybridized carbons (Fsp3) is 0.571. The maximum Gasteiger partial charge on any atom is 0.243 e. The van der Waals surface area contributed by atoms with E-state index in [0.29, 0.717) is 17.4 Å². The van der Waals surface area contributed by atoms with E-state index in [9.17, 15) is 8.42 Å². The van der Waals surface area contributed by atoms with Crippen molar-refractivity contribution in [3.05, 3.63) is 29.8 Å². The molecule has 0 spiro atoms. The first-order valence-corrected chi connectivity index (χ1v) is 8.08. The summed E-state index contributed by atoms with van der Waals surface area (Å²) in [4.78, 5) is 0.291. The van der Waals surface area contributed by atoms with Crippen LogP contribution in [0.25, 0.3) is 0 Å². The third-order valence-electron chi connectivity index (χ3n) is 3.01. The molecule has 0 aliphatic carbocycles. The van der Waals surface area contributed by atoms with Gasteiger partial charge in [-0.1, -0.05) is 32.9 Å². The van der Waals surface area contributed by atoms with E-state index < -0.39 is 10.0 Å². The van der Waals surface area contributed by atoms with Gasteiger partial charge in [-0.05, 0) is 30.0 Å².